The van der Waals surface area contributed by atoms with Gasteiger partial charge in [0.05, 0.1) is 34.9 Å². The Morgan fingerprint density at radius 1 is 1.12 bits per heavy atom. The fourth-order valence-electron chi connectivity index (χ4n) is 3.84. The van der Waals surface area contributed by atoms with Crippen LogP contribution in [0.15, 0.2) is 74.9 Å². The van der Waals surface area contributed by atoms with Crippen molar-refractivity contribution in [1.29, 1.82) is 5.26 Å². The highest BCUT2D eigenvalue weighted by atomic mass is 35.5. The van der Waals surface area contributed by atoms with Crippen LogP contribution in [0.4, 0.5) is 4.39 Å². The summed E-state index contributed by atoms with van der Waals surface area (Å²) in [6.07, 6.45) is 3.11. The fourth-order valence-corrected chi connectivity index (χ4v) is 4.10. The average molecular weight is 461 g/mol. The standard InChI is InChI=1S/C24H14ClFN4O3/c25-18-10-15(26)6-7-17(18)21-11-19-22(33-21)23(31)30(24(32)29(19)9-3-8-27)20-13-28-12-14-4-1-2-5-16(14)20/h1-2,4-7,10-13H,3,9H2. The molecule has 7 nitrogen and oxygen atoms in total. The lowest BCUT2D eigenvalue weighted by atomic mass is 10.1. The second-order valence-electron chi connectivity index (χ2n) is 7.31. The average Bonchev–Trinajstić information content (AvgIpc) is 3.24. The number of nitriles is 1. The summed E-state index contributed by atoms with van der Waals surface area (Å²) in [6.45, 7) is 0.0421. The van der Waals surface area contributed by atoms with Crippen molar-refractivity contribution in [3.8, 4) is 23.1 Å². The lowest BCUT2D eigenvalue weighted by Gasteiger charge is -2.12. The van der Waals surface area contributed by atoms with E-state index in [1.165, 1.54) is 29.0 Å². The van der Waals surface area contributed by atoms with Gasteiger partial charge in [-0.05, 0) is 18.2 Å². The molecule has 0 saturated heterocycles. The maximum Gasteiger partial charge on any atom is 0.336 e. The van der Waals surface area contributed by atoms with E-state index in [4.69, 9.17) is 21.3 Å². The van der Waals surface area contributed by atoms with E-state index in [9.17, 15) is 14.0 Å². The van der Waals surface area contributed by atoms with Crippen LogP contribution < -0.4 is 11.2 Å². The Bertz CT molecular complexity index is 1710. The molecule has 5 rings (SSSR count). The van der Waals surface area contributed by atoms with Crippen LogP contribution in [-0.4, -0.2) is 14.1 Å². The summed E-state index contributed by atoms with van der Waals surface area (Å²) in [5.74, 6) is -0.317. The number of nitrogens with zero attached hydrogens (tertiary/aromatic N) is 4. The van der Waals surface area contributed by atoms with Crippen molar-refractivity contribution >= 4 is 33.5 Å². The van der Waals surface area contributed by atoms with Gasteiger partial charge in [0.15, 0.2) is 0 Å². The van der Waals surface area contributed by atoms with Gasteiger partial charge in [-0.15, -0.1) is 0 Å². The van der Waals surface area contributed by atoms with Crippen LogP contribution in [0.3, 0.4) is 0 Å². The maximum absolute atomic E-state index is 13.5. The van der Waals surface area contributed by atoms with Crippen molar-refractivity contribution in [2.75, 3.05) is 0 Å². The van der Waals surface area contributed by atoms with E-state index in [-0.39, 0.29) is 34.8 Å². The number of halogens is 2. The molecule has 33 heavy (non-hydrogen) atoms. The fraction of sp³-hybridized carbons (Fsp3) is 0.0833. The topological polar surface area (TPSA) is 93.8 Å². The minimum atomic E-state index is -0.675. The zero-order valence-electron chi connectivity index (χ0n) is 17.0. The van der Waals surface area contributed by atoms with Crippen molar-refractivity contribution in [3.05, 3.63) is 92.6 Å². The molecule has 0 unspecified atom stereocenters. The van der Waals surface area contributed by atoms with Crippen LogP contribution in [0.5, 0.6) is 0 Å². The predicted octanol–water partition coefficient (Wildman–Crippen LogP) is 4.67. The van der Waals surface area contributed by atoms with Gasteiger partial charge < -0.3 is 4.42 Å². The molecule has 5 aromatic rings. The first-order valence-electron chi connectivity index (χ1n) is 9.94. The van der Waals surface area contributed by atoms with Crippen LogP contribution in [0.2, 0.25) is 5.02 Å². The van der Waals surface area contributed by atoms with E-state index in [2.05, 4.69) is 4.98 Å². The van der Waals surface area contributed by atoms with Gasteiger partial charge in [0.25, 0.3) is 0 Å². The van der Waals surface area contributed by atoms with Crippen LogP contribution >= 0.6 is 11.6 Å². The molecular formula is C24H14ClFN4O3. The monoisotopic (exact) mass is 460 g/mol. The highest BCUT2D eigenvalue weighted by molar-refractivity contribution is 6.33. The van der Waals surface area contributed by atoms with Crippen LogP contribution in [-0.2, 0) is 6.54 Å². The normalized spacial score (nSPS) is 11.2. The summed E-state index contributed by atoms with van der Waals surface area (Å²) in [7, 11) is 0. The number of aryl methyl sites for hydroxylation is 1. The quantitative estimate of drug-likeness (QED) is 0.388. The number of hydrogen-bond donors (Lipinski definition) is 0. The molecule has 3 heterocycles. The van der Waals surface area contributed by atoms with E-state index < -0.39 is 17.1 Å². The van der Waals surface area contributed by atoms with E-state index in [1.54, 1.807) is 18.3 Å². The molecule has 0 amide bonds. The smallest absolute Gasteiger partial charge is 0.336 e. The molecular weight excluding hydrogens is 447 g/mol. The third-order valence-corrected chi connectivity index (χ3v) is 5.67. The lowest BCUT2D eigenvalue weighted by Crippen LogP contribution is -2.38. The molecule has 0 saturated carbocycles. The number of aromatic nitrogens is 3. The Kier molecular flexibility index (Phi) is 5.04. The van der Waals surface area contributed by atoms with Crippen molar-refractivity contribution in [2.24, 2.45) is 0 Å². The third-order valence-electron chi connectivity index (χ3n) is 5.35. The summed E-state index contributed by atoms with van der Waals surface area (Å²) in [6, 6.07) is 14.5. The Balaban J connectivity index is 1.86. The molecule has 0 atom stereocenters. The number of pyridine rings is 1. The van der Waals surface area contributed by atoms with Gasteiger partial charge >= 0.3 is 11.2 Å². The molecule has 0 radical (unpaired) electrons. The first-order valence-corrected chi connectivity index (χ1v) is 10.3. The van der Waals surface area contributed by atoms with Crippen molar-refractivity contribution in [1.82, 2.24) is 14.1 Å². The van der Waals surface area contributed by atoms with Crippen molar-refractivity contribution < 1.29 is 8.81 Å². The highest BCUT2D eigenvalue weighted by Gasteiger charge is 2.21. The third kappa shape index (κ3) is 3.39. The molecule has 9 heteroatoms. The summed E-state index contributed by atoms with van der Waals surface area (Å²) in [5, 5.41) is 10.6. The van der Waals surface area contributed by atoms with Crippen LogP contribution in [0, 0.1) is 17.1 Å². The lowest BCUT2D eigenvalue weighted by molar-refractivity contribution is 0.604. The molecule has 0 fully saturated rings. The van der Waals surface area contributed by atoms with Crippen molar-refractivity contribution in [3.63, 3.8) is 0 Å². The highest BCUT2D eigenvalue weighted by Crippen LogP contribution is 2.32. The van der Waals surface area contributed by atoms with Gasteiger partial charge in [0.1, 0.15) is 11.6 Å². The summed E-state index contributed by atoms with van der Waals surface area (Å²) in [4.78, 5) is 31.1. The number of rotatable bonds is 4. The van der Waals surface area contributed by atoms with Crippen LogP contribution in [0.1, 0.15) is 6.42 Å². The molecule has 0 spiro atoms. The minimum absolute atomic E-state index is 0.0405. The number of hydrogen-bond acceptors (Lipinski definition) is 5. The second-order valence-corrected chi connectivity index (χ2v) is 7.72. The van der Waals surface area contributed by atoms with Gasteiger partial charge in [-0.25, -0.2) is 13.8 Å². The number of furan rings is 1. The predicted molar refractivity (Wildman–Crippen MR) is 122 cm³/mol. The van der Waals surface area contributed by atoms with E-state index in [0.717, 1.165) is 16.0 Å². The maximum atomic E-state index is 13.5. The molecule has 162 valence electrons. The summed E-state index contributed by atoms with van der Waals surface area (Å²) >= 11 is 6.18. The number of benzene rings is 2. The van der Waals surface area contributed by atoms with E-state index in [1.807, 2.05) is 18.2 Å². The van der Waals surface area contributed by atoms with E-state index in [0.29, 0.717) is 16.6 Å². The molecule has 0 N–H and O–H groups in total. The minimum Gasteiger partial charge on any atom is -0.449 e. The Labute approximate surface area is 190 Å². The second kappa shape index (κ2) is 8.04. The summed E-state index contributed by atoms with van der Waals surface area (Å²) in [5.41, 5.74) is -0.500. The molecule has 0 aliphatic carbocycles. The molecule has 2 aromatic carbocycles. The Morgan fingerprint density at radius 2 is 1.94 bits per heavy atom. The molecule has 0 aliphatic rings. The van der Waals surface area contributed by atoms with Crippen molar-refractivity contribution in [2.45, 2.75) is 13.0 Å². The van der Waals surface area contributed by atoms with Gasteiger partial charge in [-0.3, -0.25) is 14.3 Å². The largest absolute Gasteiger partial charge is 0.449 e. The zero-order valence-corrected chi connectivity index (χ0v) is 17.7. The van der Waals surface area contributed by atoms with Gasteiger partial charge in [0.2, 0.25) is 5.58 Å². The van der Waals surface area contributed by atoms with Gasteiger partial charge in [-0.1, -0.05) is 35.9 Å². The molecule has 3 aromatic heterocycles. The van der Waals surface area contributed by atoms with Crippen LogP contribution in [0.25, 0.3) is 38.9 Å². The Hall–Kier alpha value is -4.22. The number of fused-ring (bicyclic) bond motifs is 2. The van der Waals surface area contributed by atoms with Gasteiger partial charge in [0, 0.05) is 35.1 Å². The zero-order chi connectivity index (χ0) is 23.1. The first kappa shape index (κ1) is 20.7. The SMILES string of the molecule is N#CCCn1c(=O)n(-c2cncc3ccccc23)c(=O)c2oc(-c3ccc(F)cc3Cl)cc21. The first-order chi connectivity index (χ1) is 16.0. The Morgan fingerprint density at radius 3 is 2.73 bits per heavy atom. The summed E-state index contributed by atoms with van der Waals surface area (Å²) < 4.78 is 21.7. The molecule has 0 aliphatic heterocycles. The van der Waals surface area contributed by atoms with E-state index >= 15 is 0 Å². The molecule has 0 bridgehead atoms. The van der Waals surface area contributed by atoms with Gasteiger partial charge in [-0.2, -0.15) is 5.26 Å².